The van der Waals surface area contributed by atoms with Crippen LogP contribution in [-0.2, 0) is 12.7 Å². The second-order valence-electron chi connectivity index (χ2n) is 6.94. The SMILES string of the molecule is CCCNCCCn1nc(-c2ccc(Cl)cc2Cl)n(-c2ccc(C(F)(F)F)cc2)c1=O. The Hall–Kier alpha value is -2.29. The monoisotopic (exact) mass is 472 g/mol. The molecule has 1 heterocycles. The summed E-state index contributed by atoms with van der Waals surface area (Å²) in [5, 5.41) is 8.37. The van der Waals surface area contributed by atoms with Crippen LogP contribution in [0.3, 0.4) is 0 Å². The number of nitrogens with one attached hydrogen (secondary N) is 1. The van der Waals surface area contributed by atoms with E-state index in [1.807, 2.05) is 0 Å². The molecule has 2 aromatic carbocycles. The van der Waals surface area contributed by atoms with Gasteiger partial charge in [0.15, 0.2) is 5.82 Å². The van der Waals surface area contributed by atoms with E-state index < -0.39 is 17.4 Å². The molecule has 0 unspecified atom stereocenters. The summed E-state index contributed by atoms with van der Waals surface area (Å²) in [6.45, 7) is 4.00. The number of aryl methyl sites for hydroxylation is 1. The summed E-state index contributed by atoms with van der Waals surface area (Å²) in [5.74, 6) is 0.230. The van der Waals surface area contributed by atoms with Gasteiger partial charge in [-0.25, -0.2) is 14.0 Å². The lowest BCUT2D eigenvalue weighted by Crippen LogP contribution is -2.26. The highest BCUT2D eigenvalue weighted by atomic mass is 35.5. The Labute approximate surface area is 187 Å². The largest absolute Gasteiger partial charge is 0.416 e. The van der Waals surface area contributed by atoms with Gasteiger partial charge in [-0.1, -0.05) is 30.1 Å². The molecule has 3 aromatic rings. The normalized spacial score (nSPS) is 11.8. The highest BCUT2D eigenvalue weighted by molar-refractivity contribution is 6.36. The van der Waals surface area contributed by atoms with E-state index in [0.29, 0.717) is 30.1 Å². The van der Waals surface area contributed by atoms with Crippen molar-refractivity contribution in [2.45, 2.75) is 32.5 Å². The molecule has 0 spiro atoms. The van der Waals surface area contributed by atoms with E-state index in [9.17, 15) is 18.0 Å². The summed E-state index contributed by atoms with van der Waals surface area (Å²) in [6, 6.07) is 9.10. The molecule has 1 aromatic heterocycles. The van der Waals surface area contributed by atoms with Crippen LogP contribution in [-0.4, -0.2) is 27.4 Å². The topological polar surface area (TPSA) is 51.9 Å². The van der Waals surface area contributed by atoms with Crippen LogP contribution in [0.15, 0.2) is 47.3 Å². The zero-order chi connectivity index (χ0) is 22.6. The average molecular weight is 473 g/mol. The van der Waals surface area contributed by atoms with E-state index in [1.54, 1.807) is 12.1 Å². The predicted molar refractivity (Wildman–Crippen MR) is 116 cm³/mol. The fourth-order valence-electron chi connectivity index (χ4n) is 3.09. The van der Waals surface area contributed by atoms with Gasteiger partial charge in [-0.05, 0) is 68.4 Å². The molecule has 0 saturated heterocycles. The van der Waals surface area contributed by atoms with Gasteiger partial charge in [0.1, 0.15) is 0 Å². The Morgan fingerprint density at radius 3 is 2.39 bits per heavy atom. The van der Waals surface area contributed by atoms with Crippen molar-refractivity contribution >= 4 is 23.2 Å². The van der Waals surface area contributed by atoms with Gasteiger partial charge < -0.3 is 5.32 Å². The molecule has 0 bridgehead atoms. The second kappa shape index (κ2) is 9.89. The summed E-state index contributed by atoms with van der Waals surface area (Å²) < 4.78 is 41.4. The predicted octanol–water partition coefficient (Wildman–Crippen LogP) is 5.42. The number of benzene rings is 2. The number of aromatic nitrogens is 3. The minimum Gasteiger partial charge on any atom is -0.317 e. The molecular weight excluding hydrogens is 452 g/mol. The van der Waals surface area contributed by atoms with Crippen LogP contribution >= 0.6 is 23.2 Å². The number of nitrogens with zero attached hydrogens (tertiary/aromatic N) is 3. The number of rotatable bonds is 8. The van der Waals surface area contributed by atoms with E-state index >= 15 is 0 Å². The van der Waals surface area contributed by atoms with Crippen LogP contribution in [0.2, 0.25) is 10.0 Å². The molecule has 0 aliphatic carbocycles. The Kier molecular flexibility index (Phi) is 7.46. The van der Waals surface area contributed by atoms with Crippen molar-refractivity contribution in [1.29, 1.82) is 0 Å². The van der Waals surface area contributed by atoms with Crippen LogP contribution in [0.25, 0.3) is 17.1 Å². The molecule has 10 heteroatoms. The van der Waals surface area contributed by atoms with Gasteiger partial charge in [-0.3, -0.25) is 0 Å². The van der Waals surface area contributed by atoms with Gasteiger partial charge >= 0.3 is 11.9 Å². The van der Waals surface area contributed by atoms with Crippen molar-refractivity contribution in [3.8, 4) is 17.1 Å². The zero-order valence-electron chi connectivity index (χ0n) is 16.7. The van der Waals surface area contributed by atoms with Gasteiger partial charge in [0.2, 0.25) is 0 Å². The van der Waals surface area contributed by atoms with Crippen LogP contribution in [0.5, 0.6) is 0 Å². The number of hydrogen-bond donors (Lipinski definition) is 1. The Morgan fingerprint density at radius 2 is 1.77 bits per heavy atom. The summed E-state index contributed by atoms with van der Waals surface area (Å²) in [6.07, 6.45) is -2.80. The third kappa shape index (κ3) is 5.50. The standard InChI is InChI=1S/C21H21Cl2F3N4O/c1-2-10-27-11-3-12-29-20(31)30(16-7-4-14(5-8-16)21(24,25)26)19(28-29)17-9-6-15(22)13-18(17)23/h4-9,13,27H,2-3,10-12H2,1H3. The number of hydrogen-bond acceptors (Lipinski definition) is 3. The molecule has 5 nitrogen and oxygen atoms in total. The molecule has 0 fully saturated rings. The first-order chi connectivity index (χ1) is 14.7. The van der Waals surface area contributed by atoms with Crippen molar-refractivity contribution in [3.63, 3.8) is 0 Å². The van der Waals surface area contributed by atoms with E-state index in [2.05, 4.69) is 17.3 Å². The molecule has 3 rings (SSSR count). The Bertz CT molecular complexity index is 1090. The van der Waals surface area contributed by atoms with E-state index in [-0.39, 0.29) is 16.5 Å². The number of alkyl halides is 3. The molecule has 0 radical (unpaired) electrons. The minimum absolute atomic E-state index is 0.230. The highest BCUT2D eigenvalue weighted by Gasteiger charge is 2.30. The maximum atomic E-state index is 13.1. The van der Waals surface area contributed by atoms with Crippen molar-refractivity contribution in [2.24, 2.45) is 0 Å². The van der Waals surface area contributed by atoms with Crippen LogP contribution in [0, 0.1) is 0 Å². The van der Waals surface area contributed by atoms with E-state index in [4.69, 9.17) is 23.2 Å². The highest BCUT2D eigenvalue weighted by Crippen LogP contribution is 2.32. The molecule has 0 aliphatic heterocycles. The minimum atomic E-state index is -4.47. The third-order valence-corrected chi connectivity index (χ3v) is 5.16. The third-order valence-electron chi connectivity index (χ3n) is 4.61. The van der Waals surface area contributed by atoms with Gasteiger partial charge in [0.05, 0.1) is 16.3 Å². The first-order valence-electron chi connectivity index (χ1n) is 9.76. The molecule has 0 aliphatic rings. The molecule has 166 valence electrons. The van der Waals surface area contributed by atoms with E-state index in [1.165, 1.54) is 27.4 Å². The van der Waals surface area contributed by atoms with Gasteiger partial charge in [0.25, 0.3) is 0 Å². The first-order valence-corrected chi connectivity index (χ1v) is 10.5. The van der Waals surface area contributed by atoms with Crippen LogP contribution in [0.4, 0.5) is 13.2 Å². The quantitative estimate of drug-likeness (QED) is 0.445. The second-order valence-corrected chi connectivity index (χ2v) is 7.78. The Morgan fingerprint density at radius 1 is 1.06 bits per heavy atom. The number of halogens is 5. The lowest BCUT2D eigenvalue weighted by atomic mass is 10.1. The maximum absolute atomic E-state index is 13.1. The fourth-order valence-corrected chi connectivity index (χ4v) is 3.58. The van der Waals surface area contributed by atoms with Crippen LogP contribution < -0.4 is 11.0 Å². The zero-order valence-corrected chi connectivity index (χ0v) is 18.2. The lowest BCUT2D eigenvalue weighted by molar-refractivity contribution is -0.137. The van der Waals surface area contributed by atoms with Crippen molar-refractivity contribution in [3.05, 3.63) is 68.6 Å². The van der Waals surface area contributed by atoms with Crippen molar-refractivity contribution in [2.75, 3.05) is 13.1 Å². The average Bonchev–Trinajstić information content (AvgIpc) is 3.03. The fraction of sp³-hybridized carbons (Fsp3) is 0.333. The summed E-state index contributed by atoms with van der Waals surface area (Å²) in [7, 11) is 0. The van der Waals surface area contributed by atoms with Crippen LogP contribution in [0.1, 0.15) is 25.3 Å². The smallest absolute Gasteiger partial charge is 0.317 e. The molecule has 1 N–H and O–H groups in total. The van der Waals surface area contributed by atoms with Gasteiger partial charge in [-0.2, -0.15) is 13.2 Å². The lowest BCUT2D eigenvalue weighted by Gasteiger charge is -2.10. The first kappa shape index (κ1) is 23.4. The van der Waals surface area contributed by atoms with Crippen molar-refractivity contribution in [1.82, 2.24) is 19.7 Å². The van der Waals surface area contributed by atoms with Gasteiger partial charge in [-0.15, -0.1) is 5.10 Å². The summed E-state index contributed by atoms with van der Waals surface area (Å²) in [4.78, 5) is 13.1. The van der Waals surface area contributed by atoms with Crippen molar-refractivity contribution < 1.29 is 13.2 Å². The molecular formula is C21H21Cl2F3N4O. The molecule has 0 saturated carbocycles. The maximum Gasteiger partial charge on any atom is 0.416 e. The Balaban J connectivity index is 2.04. The molecule has 31 heavy (non-hydrogen) atoms. The summed E-state index contributed by atoms with van der Waals surface area (Å²) in [5.41, 5.74) is -0.554. The molecule has 0 atom stereocenters. The molecule has 0 amide bonds. The summed E-state index contributed by atoms with van der Waals surface area (Å²) >= 11 is 12.3. The van der Waals surface area contributed by atoms with Gasteiger partial charge in [0, 0.05) is 17.1 Å². The van der Waals surface area contributed by atoms with E-state index in [0.717, 1.165) is 25.1 Å².